The number of nitrogens with two attached hydrogens (primary N) is 3. The second-order valence-electron chi connectivity index (χ2n) is 46.2. The van der Waals surface area contributed by atoms with E-state index in [1.165, 1.54) is 69.9 Å². The van der Waals surface area contributed by atoms with Gasteiger partial charge in [0.25, 0.3) is 0 Å². The van der Waals surface area contributed by atoms with Gasteiger partial charge in [0.2, 0.25) is 17.7 Å². The minimum Gasteiger partial charge on any atom is -0.444 e. The summed E-state index contributed by atoms with van der Waals surface area (Å²) in [6, 6.07) is 38.8. The van der Waals surface area contributed by atoms with Crippen LogP contribution in [0.4, 0.5) is 19.2 Å². The minimum atomic E-state index is -1.08. The predicted molar refractivity (Wildman–Crippen MR) is 551 cm³/mol. The summed E-state index contributed by atoms with van der Waals surface area (Å²) >= 11 is 0. The first-order valence-corrected chi connectivity index (χ1v) is 52.6. The highest BCUT2D eigenvalue weighted by Crippen LogP contribution is 2.46. The zero-order valence-corrected chi connectivity index (χ0v) is 89.1. The number of piperidine rings is 1. The molecule has 7 aliphatic carbocycles. The molecule has 11 N–H and O–H groups in total. The second-order valence-corrected chi connectivity index (χ2v) is 46.2. The van der Waals surface area contributed by atoms with Gasteiger partial charge in [0.05, 0.1) is 59.1 Å². The number of nitrogens with zero attached hydrogens (tertiary/aromatic N) is 11. The summed E-state index contributed by atoms with van der Waals surface area (Å²) in [4.78, 5) is 191. The molecule has 14 aliphatic rings. The van der Waals surface area contributed by atoms with Crippen LogP contribution in [0.5, 0.6) is 0 Å². The highest BCUT2D eigenvalue weighted by molar-refractivity contribution is 6.01. The highest BCUT2D eigenvalue weighted by atomic mass is 16.6. The molecule has 7 aliphatic heterocycles. The number of hydrogen-bond donors (Lipinski definition) is 8. The maximum Gasteiger partial charge on any atom is 0.411 e. The Morgan fingerprint density at radius 3 is 0.939 bits per heavy atom. The molecular formula is C110H162N16O21. The summed E-state index contributed by atoms with van der Waals surface area (Å²) in [5.41, 5.74) is 16.0. The van der Waals surface area contributed by atoms with Gasteiger partial charge in [-0.1, -0.05) is 121 Å². The quantitative estimate of drug-likeness (QED) is 0.0562. The van der Waals surface area contributed by atoms with Crippen LogP contribution in [0, 0.1) is 0 Å². The van der Waals surface area contributed by atoms with E-state index in [2.05, 4.69) is 121 Å². The number of amides is 7. The monoisotopic (exact) mass is 2040 g/mol. The van der Waals surface area contributed by atoms with Crippen LogP contribution in [-0.2, 0) is 93.1 Å². The zero-order valence-electron chi connectivity index (χ0n) is 89.1. The molecule has 4 aromatic rings. The van der Waals surface area contributed by atoms with Gasteiger partial charge in [0.1, 0.15) is 51.6 Å². The molecule has 7 saturated heterocycles. The molecule has 7 heterocycles. The Morgan fingerprint density at radius 1 is 0.306 bits per heavy atom. The topological polar surface area (TPSA) is 474 Å². The number of rotatable bonds is 14. The molecule has 808 valence electrons. The predicted octanol–water partition coefficient (Wildman–Crippen LogP) is 7.63. The molecule has 14 fully saturated rings. The molecule has 7 unspecified atom stereocenters. The molecule has 13 atom stereocenters. The third-order valence-electron chi connectivity index (χ3n) is 30.9. The molecule has 7 saturated carbocycles. The van der Waals surface area contributed by atoms with E-state index < -0.39 is 111 Å². The molecule has 37 nitrogen and oxygen atoms in total. The minimum absolute atomic E-state index is 0.0263. The number of carbonyl (C=O) groups excluding carboxylic acids is 14. The maximum atomic E-state index is 12.6. The fourth-order valence-electron chi connectivity index (χ4n) is 21.6. The van der Waals surface area contributed by atoms with E-state index in [9.17, 15) is 82.4 Å². The van der Waals surface area contributed by atoms with Crippen LogP contribution in [0.1, 0.15) is 235 Å². The number of ether oxygens (including phenoxy) is 4. The fourth-order valence-corrected chi connectivity index (χ4v) is 21.6. The lowest BCUT2D eigenvalue weighted by Crippen LogP contribution is -2.74. The van der Waals surface area contributed by atoms with Crippen LogP contribution in [0.25, 0.3) is 0 Å². The van der Waals surface area contributed by atoms with Crippen LogP contribution >= 0.6 is 0 Å². The molecular weight excluding hydrogens is 1880 g/mol. The van der Waals surface area contributed by atoms with Crippen molar-refractivity contribution in [2.24, 2.45) is 17.2 Å². The average Bonchev–Trinajstić information content (AvgIpc) is 0.728. The van der Waals surface area contributed by atoms with Crippen molar-refractivity contribution in [1.29, 1.82) is 0 Å². The molecule has 7 spiro atoms. The molecule has 7 amide bonds. The lowest BCUT2D eigenvalue weighted by molar-refractivity contribution is -0.163. The van der Waals surface area contributed by atoms with Gasteiger partial charge >= 0.3 is 24.4 Å². The summed E-state index contributed by atoms with van der Waals surface area (Å²) in [5.74, 6) is 0.367. The van der Waals surface area contributed by atoms with E-state index in [0.29, 0.717) is 129 Å². The maximum absolute atomic E-state index is 12.6. The highest BCUT2D eigenvalue weighted by Gasteiger charge is 2.61. The van der Waals surface area contributed by atoms with Gasteiger partial charge in [-0.15, -0.1) is 0 Å². The third kappa shape index (κ3) is 27.7. The summed E-state index contributed by atoms with van der Waals surface area (Å²) in [6.45, 7) is 39.6. The zero-order chi connectivity index (χ0) is 107. The number of aliphatic hydroxyl groups excluding tert-OH is 3. The van der Waals surface area contributed by atoms with Crippen molar-refractivity contribution >= 4 is 82.6 Å². The van der Waals surface area contributed by atoms with Crippen molar-refractivity contribution in [3.63, 3.8) is 0 Å². The Kier molecular flexibility index (Phi) is 37.5. The molecule has 147 heavy (non-hydrogen) atoms. The van der Waals surface area contributed by atoms with Crippen molar-refractivity contribution in [3.05, 3.63) is 144 Å². The Bertz CT molecular complexity index is 5310. The second kappa shape index (κ2) is 47.8. The third-order valence-corrected chi connectivity index (χ3v) is 30.9. The van der Waals surface area contributed by atoms with Gasteiger partial charge in [-0.05, 0) is 197 Å². The first-order chi connectivity index (χ1) is 69.1. The lowest BCUT2D eigenvalue weighted by Gasteiger charge is -2.54. The van der Waals surface area contributed by atoms with Crippen LogP contribution in [0.3, 0.4) is 0 Å². The van der Waals surface area contributed by atoms with Crippen molar-refractivity contribution < 1.29 is 101 Å². The number of piperazine rings is 6. The molecule has 37 heteroatoms. The van der Waals surface area contributed by atoms with E-state index in [0.717, 1.165) is 103 Å². The fraction of sp³-hybridized carbons (Fsp3) is 0.655. The lowest BCUT2D eigenvalue weighted by atomic mass is 9.69. The summed E-state index contributed by atoms with van der Waals surface area (Å²) in [7, 11) is 0. The van der Waals surface area contributed by atoms with Gasteiger partial charge in [0, 0.05) is 176 Å². The van der Waals surface area contributed by atoms with Gasteiger partial charge in [-0.2, -0.15) is 0 Å². The van der Waals surface area contributed by atoms with E-state index in [1.807, 2.05) is 51.1 Å². The van der Waals surface area contributed by atoms with Crippen molar-refractivity contribution in [2.45, 2.75) is 337 Å². The van der Waals surface area contributed by atoms with Gasteiger partial charge in [-0.3, -0.25) is 72.4 Å². The van der Waals surface area contributed by atoms with Gasteiger partial charge < -0.3 is 91.5 Å². The summed E-state index contributed by atoms with van der Waals surface area (Å²) in [6.07, 6.45) is 8.59. The molecule has 18 rings (SSSR count). The smallest absolute Gasteiger partial charge is 0.411 e. The Labute approximate surface area is 866 Å². The number of benzene rings is 4. The van der Waals surface area contributed by atoms with Crippen LogP contribution < -0.4 is 27.8 Å². The first kappa shape index (κ1) is 115. The Morgan fingerprint density at radius 2 is 0.599 bits per heavy atom. The number of hydrogen-bond acceptors (Lipinski definition) is 30. The first-order valence-electron chi connectivity index (χ1n) is 52.6. The van der Waals surface area contributed by atoms with Crippen LogP contribution in [0.2, 0.25) is 0 Å². The molecule has 4 aromatic carbocycles. The van der Waals surface area contributed by atoms with Gasteiger partial charge in [0.15, 0.2) is 40.5 Å². The average molecular weight is 2040 g/mol. The standard InChI is InChI=1S/C21H24N2O.C18H25N3O3.C17H28N2O5.C16H27N3O5.C15H19NO.C12H20N2O3.C11H19N3O3/c24-20-11-12-21(20)17-22(15-18-7-3-1-4-8-18)13-14-23(21)16-19-9-5-2-6-10-19;1-13(22)16(19)17(24)20-9-10-21(11-14-5-3-2-4-6-14)18(12-20)8-7-15(18)23;1-15(2,3)23-13(21)18-9-10-19(14(22)24-16(4,5)6)17(11-18)8-7-12(17)20;1-10(20)12(17)13(22)19-8-7-18(14(23)24-15(2,3)4)9-16(19)6-5-11(16)21;17-14-8-10-15(14)9-4-5-11-16(15)12-13-6-2-1-3-7-13;1-11(2,3)17-10(16)14-7-6-13-12(8-14)5-4-9(12)15;1-7(15)9(12)10(17)14-5-4-13-11(6-14)3-2-8(11)16/h1-10H,11-17H2;2-6,13,16,22H,7-12,19H2,1H3;7-11H2,1-6H3;10,12,20H,5-9,17H2,1-4H3;1-3,6-7H,4-5,8-12H2;13H,4-8H2,1-3H3;7,9,13,15H,2-6,12H2,1H3/t;13-,16+,18?;;10-,12+,16?;;;7-,9+,11?/m.1.1..1/s1. The summed E-state index contributed by atoms with van der Waals surface area (Å²) < 4.78 is 21.5. The van der Waals surface area contributed by atoms with Crippen LogP contribution in [0.15, 0.2) is 121 Å². The number of aliphatic hydroxyl groups is 3. The van der Waals surface area contributed by atoms with Gasteiger partial charge in [-0.25, -0.2) is 19.2 Å². The van der Waals surface area contributed by atoms with E-state index in [1.54, 1.807) is 77.0 Å². The number of likely N-dealkylation sites (tertiary alicyclic amines) is 1. The van der Waals surface area contributed by atoms with E-state index >= 15 is 0 Å². The number of Topliss-reactive ketones (excluding diaryl/α,β-unsaturated/α-hetero) is 7. The van der Waals surface area contributed by atoms with Crippen molar-refractivity contribution in [1.82, 2.24) is 64.5 Å². The normalized spacial score (nSPS) is 27.4. The van der Waals surface area contributed by atoms with Crippen molar-refractivity contribution in [3.8, 4) is 0 Å². The number of carbonyl (C=O) groups is 14. The van der Waals surface area contributed by atoms with Crippen LogP contribution in [-0.4, -0.2) is 374 Å². The largest absolute Gasteiger partial charge is 0.444 e. The Hall–Kier alpha value is -10.4. The van der Waals surface area contributed by atoms with E-state index in [4.69, 9.17) is 36.1 Å². The molecule has 0 radical (unpaired) electrons. The Balaban J connectivity index is 0.000000153. The summed E-state index contributed by atoms with van der Waals surface area (Å²) in [5, 5.41) is 34.9. The molecule has 0 aromatic heterocycles. The SMILES string of the molecule is CC(C)(C)OC(=O)N1CCN(C(=O)OC(C)(C)C)C2(CCC2=O)C1.CC(C)(C)OC(=O)N1CCNC2(CCC2=O)C1.C[C@@H](O)[C@H](N)C(=O)N1CCN(C(=O)OC(C)(C)C)CC12CCC2=O.C[C@@H](O)[C@H](N)C(=O)N1CCN(Cc2ccccc2)C2(CCC2=O)C1.C[C@@H](O)[C@H](N)C(=O)N1CCNC2(CCC2=O)C1.O=C1CCC12CCCCN2Cc1ccccc1.O=C1CCC12CN(Cc1ccccc1)CCN2Cc1ccccc1. The van der Waals surface area contributed by atoms with Crippen molar-refractivity contribution in [2.75, 3.05) is 124 Å². The molecule has 0 bridgehead atoms. The number of ketones is 7. The van der Waals surface area contributed by atoms with E-state index in [-0.39, 0.29) is 90.6 Å². The number of nitrogens with one attached hydrogen (secondary N) is 2.